The van der Waals surface area contributed by atoms with E-state index in [2.05, 4.69) is 17.7 Å². The van der Waals surface area contributed by atoms with Gasteiger partial charge in [-0.2, -0.15) is 0 Å². The minimum Gasteiger partial charge on any atom is -0.497 e. The zero-order valence-corrected chi connectivity index (χ0v) is 23.5. The maximum atomic E-state index is 12.3. The number of nitrogens with one attached hydrogen (secondary N) is 2. The first-order valence-corrected chi connectivity index (χ1v) is 14.1. The molecule has 2 unspecified atom stereocenters. The standard InChI is InChI=1S/C25H31NO6.C6H13N/c1-17(25(29)19-10-13-22-23(16-19)32-15-14-31-22)26-24(28)7-5-3-4-6-21(27)18-8-11-20(30-2)12-9-18;1-7-6-4-2-3-5-6/h8-13,16-17,25,29H,3-7,14-15H2,1-2H3,(H,26,28);6-7H,2-5H2,1H3. The molecular weight excluding hydrogens is 496 g/mol. The number of unbranched alkanes of at least 4 members (excludes halogenated alkanes) is 2. The van der Waals surface area contributed by atoms with Crippen molar-refractivity contribution in [2.45, 2.75) is 82.9 Å². The second-order valence-electron chi connectivity index (χ2n) is 10.2. The lowest BCUT2D eigenvalue weighted by Crippen LogP contribution is -2.37. The van der Waals surface area contributed by atoms with Crippen molar-refractivity contribution in [1.29, 1.82) is 0 Å². The Morgan fingerprint density at radius 2 is 1.64 bits per heavy atom. The Morgan fingerprint density at radius 3 is 2.28 bits per heavy atom. The predicted octanol–water partition coefficient (Wildman–Crippen LogP) is 4.99. The van der Waals surface area contributed by atoms with Gasteiger partial charge in [-0.05, 0) is 81.6 Å². The number of fused-ring (bicyclic) bond motifs is 1. The van der Waals surface area contributed by atoms with E-state index in [9.17, 15) is 14.7 Å². The van der Waals surface area contributed by atoms with Crippen molar-refractivity contribution in [1.82, 2.24) is 10.6 Å². The monoisotopic (exact) mass is 540 g/mol. The Kier molecular flexibility index (Phi) is 12.6. The molecule has 1 saturated carbocycles. The number of methoxy groups -OCH3 is 1. The number of carbonyl (C=O) groups excluding carboxylic acids is 2. The molecule has 2 aromatic rings. The van der Waals surface area contributed by atoms with Crippen LogP contribution < -0.4 is 24.8 Å². The third kappa shape index (κ3) is 9.86. The number of aliphatic hydroxyl groups is 1. The van der Waals surface area contributed by atoms with Crippen LogP contribution in [0.25, 0.3) is 0 Å². The second kappa shape index (κ2) is 16.1. The van der Waals surface area contributed by atoms with Crippen molar-refractivity contribution in [3.63, 3.8) is 0 Å². The van der Waals surface area contributed by atoms with E-state index >= 15 is 0 Å². The van der Waals surface area contributed by atoms with E-state index in [0.29, 0.717) is 55.1 Å². The lowest BCUT2D eigenvalue weighted by Gasteiger charge is -2.23. The molecule has 8 heteroatoms. The Hall–Kier alpha value is -3.10. The normalized spacial score (nSPS) is 16.0. The molecule has 39 heavy (non-hydrogen) atoms. The van der Waals surface area contributed by atoms with Gasteiger partial charge >= 0.3 is 0 Å². The minimum absolute atomic E-state index is 0.0910. The van der Waals surface area contributed by atoms with E-state index in [1.165, 1.54) is 25.7 Å². The summed E-state index contributed by atoms with van der Waals surface area (Å²) < 4.78 is 16.1. The predicted molar refractivity (Wildman–Crippen MR) is 152 cm³/mol. The van der Waals surface area contributed by atoms with Crippen molar-refractivity contribution < 1.29 is 28.9 Å². The summed E-state index contributed by atoms with van der Waals surface area (Å²) in [6.45, 7) is 2.76. The molecular formula is C31H44N2O6. The van der Waals surface area contributed by atoms with Crippen LogP contribution in [0.5, 0.6) is 17.2 Å². The molecule has 2 aliphatic rings. The molecule has 0 bridgehead atoms. The van der Waals surface area contributed by atoms with Gasteiger partial charge in [-0.3, -0.25) is 9.59 Å². The van der Waals surface area contributed by atoms with Crippen molar-refractivity contribution in [3.8, 4) is 17.2 Å². The van der Waals surface area contributed by atoms with E-state index in [1.807, 2.05) is 0 Å². The van der Waals surface area contributed by atoms with Crippen molar-refractivity contribution >= 4 is 11.7 Å². The highest BCUT2D eigenvalue weighted by atomic mass is 16.6. The number of carbonyl (C=O) groups is 2. The molecule has 1 heterocycles. The number of Topliss-reactive ketones (excluding diaryl/α,β-unsaturated/α-hetero) is 1. The fourth-order valence-corrected chi connectivity index (χ4v) is 4.82. The van der Waals surface area contributed by atoms with E-state index in [-0.39, 0.29) is 11.7 Å². The molecule has 1 aliphatic heterocycles. The topological polar surface area (TPSA) is 106 Å². The quantitative estimate of drug-likeness (QED) is 0.257. The molecule has 1 aliphatic carbocycles. The molecule has 1 amide bonds. The highest BCUT2D eigenvalue weighted by Crippen LogP contribution is 2.33. The summed E-state index contributed by atoms with van der Waals surface area (Å²) in [6, 6.07) is 12.8. The van der Waals surface area contributed by atoms with Gasteiger partial charge in [0.05, 0.1) is 19.3 Å². The minimum atomic E-state index is -0.850. The number of hydrogen-bond acceptors (Lipinski definition) is 7. The smallest absolute Gasteiger partial charge is 0.220 e. The number of benzene rings is 2. The van der Waals surface area contributed by atoms with Gasteiger partial charge in [0.1, 0.15) is 19.0 Å². The Morgan fingerprint density at radius 1 is 0.974 bits per heavy atom. The van der Waals surface area contributed by atoms with Gasteiger partial charge in [-0.25, -0.2) is 0 Å². The number of aliphatic hydroxyl groups excluding tert-OH is 1. The molecule has 0 saturated heterocycles. The van der Waals surface area contributed by atoms with Crippen molar-refractivity contribution in [3.05, 3.63) is 53.6 Å². The number of hydrogen-bond donors (Lipinski definition) is 3. The van der Waals surface area contributed by atoms with Crippen LogP contribution in [0.4, 0.5) is 0 Å². The highest BCUT2D eigenvalue weighted by Gasteiger charge is 2.21. The molecule has 214 valence electrons. The average Bonchev–Trinajstić information content (AvgIpc) is 3.51. The molecule has 4 rings (SSSR count). The fraction of sp³-hybridized carbons (Fsp3) is 0.548. The van der Waals surface area contributed by atoms with Crippen LogP contribution in [0, 0.1) is 0 Å². The van der Waals surface area contributed by atoms with Gasteiger partial charge in [-0.1, -0.05) is 25.3 Å². The number of ether oxygens (including phenoxy) is 3. The lowest BCUT2D eigenvalue weighted by molar-refractivity contribution is -0.122. The zero-order valence-electron chi connectivity index (χ0n) is 23.5. The third-order valence-corrected chi connectivity index (χ3v) is 7.25. The van der Waals surface area contributed by atoms with E-state index in [0.717, 1.165) is 24.6 Å². The van der Waals surface area contributed by atoms with Gasteiger partial charge in [0.25, 0.3) is 0 Å². The SMILES string of the molecule is CNC1CCCC1.COc1ccc(C(=O)CCCCCC(=O)NC(C)C(O)c2ccc3c(c2)OCCO3)cc1. The van der Waals surface area contributed by atoms with Crippen LogP contribution in [0.15, 0.2) is 42.5 Å². The number of rotatable bonds is 12. The van der Waals surface area contributed by atoms with Crippen LogP contribution in [-0.2, 0) is 4.79 Å². The average molecular weight is 541 g/mol. The Balaban J connectivity index is 0.000000520. The Labute approximate surface area is 232 Å². The van der Waals surface area contributed by atoms with Gasteiger partial charge in [0, 0.05) is 24.4 Å². The number of amides is 1. The molecule has 8 nitrogen and oxygen atoms in total. The van der Waals surface area contributed by atoms with Crippen LogP contribution >= 0.6 is 0 Å². The summed E-state index contributed by atoms with van der Waals surface area (Å²) >= 11 is 0. The molecule has 1 fully saturated rings. The first-order chi connectivity index (χ1) is 18.9. The van der Waals surface area contributed by atoms with Gasteiger partial charge < -0.3 is 30.0 Å². The Bertz CT molecular complexity index is 1040. The van der Waals surface area contributed by atoms with Crippen molar-refractivity contribution in [2.75, 3.05) is 27.4 Å². The van der Waals surface area contributed by atoms with Crippen molar-refractivity contribution in [2.24, 2.45) is 0 Å². The maximum absolute atomic E-state index is 12.3. The largest absolute Gasteiger partial charge is 0.497 e. The summed E-state index contributed by atoms with van der Waals surface area (Å²) in [4.78, 5) is 24.5. The first-order valence-electron chi connectivity index (χ1n) is 14.1. The summed E-state index contributed by atoms with van der Waals surface area (Å²) in [5, 5.41) is 16.7. The molecule has 3 N–H and O–H groups in total. The van der Waals surface area contributed by atoms with Gasteiger partial charge in [-0.15, -0.1) is 0 Å². The fourth-order valence-electron chi connectivity index (χ4n) is 4.82. The summed E-state index contributed by atoms with van der Waals surface area (Å²) in [5.41, 5.74) is 1.34. The number of ketones is 1. The third-order valence-electron chi connectivity index (χ3n) is 7.25. The highest BCUT2D eigenvalue weighted by molar-refractivity contribution is 5.96. The molecule has 0 radical (unpaired) electrons. The summed E-state index contributed by atoms with van der Waals surface area (Å²) in [5.74, 6) is 1.97. The summed E-state index contributed by atoms with van der Waals surface area (Å²) in [6.07, 6.45) is 7.83. The summed E-state index contributed by atoms with van der Waals surface area (Å²) in [7, 11) is 3.64. The van der Waals surface area contributed by atoms with Crippen LogP contribution in [0.1, 0.15) is 86.7 Å². The van der Waals surface area contributed by atoms with Gasteiger partial charge in [0.15, 0.2) is 17.3 Å². The molecule has 0 aromatic heterocycles. The lowest BCUT2D eigenvalue weighted by atomic mass is 10.0. The van der Waals surface area contributed by atoms with Crippen LogP contribution in [0.3, 0.4) is 0 Å². The zero-order chi connectivity index (χ0) is 28.0. The van der Waals surface area contributed by atoms with Crippen LogP contribution in [0.2, 0.25) is 0 Å². The van der Waals surface area contributed by atoms with E-state index < -0.39 is 12.1 Å². The van der Waals surface area contributed by atoms with Crippen LogP contribution in [-0.4, -0.2) is 56.3 Å². The molecule has 2 atom stereocenters. The first kappa shape index (κ1) is 30.4. The van der Waals surface area contributed by atoms with E-state index in [1.54, 1.807) is 56.5 Å². The molecule has 0 spiro atoms. The van der Waals surface area contributed by atoms with Gasteiger partial charge in [0.2, 0.25) is 5.91 Å². The van der Waals surface area contributed by atoms with E-state index in [4.69, 9.17) is 14.2 Å². The maximum Gasteiger partial charge on any atom is 0.220 e. The molecule has 2 aromatic carbocycles. The second-order valence-corrected chi connectivity index (χ2v) is 10.2.